The van der Waals surface area contributed by atoms with Gasteiger partial charge in [-0.15, -0.1) is 0 Å². The van der Waals surface area contributed by atoms with Crippen LogP contribution in [0.15, 0.2) is 16.5 Å². The fourth-order valence-corrected chi connectivity index (χ4v) is 0.800. The van der Waals surface area contributed by atoms with Crippen molar-refractivity contribution in [1.82, 2.24) is 0 Å². The van der Waals surface area contributed by atoms with Crippen LogP contribution in [0.1, 0.15) is 23.2 Å². The predicted molar refractivity (Wildman–Crippen MR) is 42.6 cm³/mol. The van der Waals surface area contributed by atoms with Crippen LogP contribution in [0.2, 0.25) is 0 Å². The Morgan fingerprint density at radius 2 is 2.42 bits per heavy atom. The maximum atomic E-state index is 11.0. The smallest absolute Gasteiger partial charge is 0.374 e. The van der Waals surface area contributed by atoms with E-state index in [0.717, 1.165) is 0 Å². The van der Waals surface area contributed by atoms with Crippen molar-refractivity contribution in [2.45, 2.75) is 13.5 Å². The Bertz CT molecular complexity index is 267. The lowest BCUT2D eigenvalue weighted by atomic mass is 10.4. The molecule has 0 amide bonds. The second kappa shape index (κ2) is 3.92. The predicted octanol–water partition coefficient (Wildman–Crippen LogP) is 0.915. The summed E-state index contributed by atoms with van der Waals surface area (Å²) in [4.78, 5) is 11.0. The van der Waals surface area contributed by atoms with Gasteiger partial charge in [0.2, 0.25) is 5.76 Å². The summed E-state index contributed by atoms with van der Waals surface area (Å²) >= 11 is 0. The van der Waals surface area contributed by atoms with Crippen LogP contribution in [0.25, 0.3) is 0 Å². The minimum absolute atomic E-state index is 0.206. The molecule has 0 atom stereocenters. The summed E-state index contributed by atoms with van der Waals surface area (Å²) in [6.45, 7) is 2.38. The van der Waals surface area contributed by atoms with Crippen molar-refractivity contribution in [2.24, 2.45) is 5.73 Å². The van der Waals surface area contributed by atoms with Crippen molar-refractivity contribution >= 4 is 5.97 Å². The fraction of sp³-hybridized carbons (Fsp3) is 0.375. The lowest BCUT2D eigenvalue weighted by Crippen LogP contribution is -2.02. The summed E-state index contributed by atoms with van der Waals surface area (Å²) in [5, 5.41) is 0. The number of ether oxygens (including phenoxy) is 1. The molecule has 0 saturated carbocycles. The number of esters is 1. The molecular formula is C8H11NO3. The maximum absolute atomic E-state index is 11.0. The van der Waals surface area contributed by atoms with Gasteiger partial charge in [-0.25, -0.2) is 4.79 Å². The summed E-state index contributed by atoms with van der Waals surface area (Å²) in [6.07, 6.45) is 0. The third-order valence-electron chi connectivity index (χ3n) is 1.34. The molecular weight excluding hydrogens is 158 g/mol. The number of hydrogen-bond acceptors (Lipinski definition) is 4. The van der Waals surface area contributed by atoms with Gasteiger partial charge in [0.15, 0.2) is 0 Å². The highest BCUT2D eigenvalue weighted by Gasteiger charge is 2.10. The van der Waals surface area contributed by atoms with Crippen LogP contribution in [0, 0.1) is 0 Å². The van der Waals surface area contributed by atoms with Crippen LogP contribution in [0.4, 0.5) is 0 Å². The fourth-order valence-electron chi connectivity index (χ4n) is 0.800. The Morgan fingerprint density at radius 1 is 1.67 bits per heavy atom. The molecule has 12 heavy (non-hydrogen) atoms. The molecule has 0 saturated heterocycles. The Hall–Kier alpha value is -1.29. The molecule has 0 aliphatic rings. The number of carbonyl (C=O) groups excluding carboxylic acids is 1. The summed E-state index contributed by atoms with van der Waals surface area (Å²) in [7, 11) is 0. The summed E-state index contributed by atoms with van der Waals surface area (Å²) < 4.78 is 9.76. The first-order valence-corrected chi connectivity index (χ1v) is 3.73. The lowest BCUT2D eigenvalue weighted by molar-refractivity contribution is 0.0488. The highest BCUT2D eigenvalue weighted by atomic mass is 16.5. The molecule has 0 fully saturated rings. The van der Waals surface area contributed by atoms with E-state index in [1.807, 2.05) is 0 Å². The van der Waals surface area contributed by atoms with Gasteiger partial charge in [0.25, 0.3) is 0 Å². The van der Waals surface area contributed by atoms with Crippen molar-refractivity contribution in [3.63, 3.8) is 0 Å². The molecule has 0 bridgehead atoms. The van der Waals surface area contributed by atoms with E-state index in [4.69, 9.17) is 14.9 Å². The average molecular weight is 169 g/mol. The van der Waals surface area contributed by atoms with Crippen LogP contribution in [0.3, 0.4) is 0 Å². The number of rotatable bonds is 3. The molecule has 1 aromatic rings. The van der Waals surface area contributed by atoms with Crippen LogP contribution in [0.5, 0.6) is 0 Å². The molecule has 4 heteroatoms. The number of hydrogen-bond donors (Lipinski definition) is 1. The normalized spacial score (nSPS) is 9.83. The zero-order valence-corrected chi connectivity index (χ0v) is 6.87. The summed E-state index contributed by atoms with van der Waals surface area (Å²) in [5.74, 6) is 0.340. The molecule has 66 valence electrons. The zero-order chi connectivity index (χ0) is 8.97. The molecule has 0 aliphatic carbocycles. The summed E-state index contributed by atoms with van der Waals surface area (Å²) in [5.41, 5.74) is 5.29. The van der Waals surface area contributed by atoms with E-state index < -0.39 is 5.97 Å². The van der Waals surface area contributed by atoms with E-state index >= 15 is 0 Å². The second-order valence-corrected chi connectivity index (χ2v) is 2.19. The van der Waals surface area contributed by atoms with E-state index in [1.54, 1.807) is 19.1 Å². The number of carbonyl (C=O) groups is 1. The van der Waals surface area contributed by atoms with Gasteiger partial charge >= 0.3 is 5.97 Å². The zero-order valence-electron chi connectivity index (χ0n) is 6.87. The van der Waals surface area contributed by atoms with Crippen molar-refractivity contribution in [2.75, 3.05) is 6.61 Å². The Kier molecular flexibility index (Phi) is 2.88. The first-order chi connectivity index (χ1) is 5.77. The van der Waals surface area contributed by atoms with Gasteiger partial charge in [-0.05, 0) is 19.1 Å². The molecule has 0 radical (unpaired) electrons. The standard InChI is InChI=1S/C8H11NO3/c1-2-11-8(10)7-4-3-6(5-9)12-7/h3-4H,2,5,9H2,1H3. The molecule has 0 spiro atoms. The quantitative estimate of drug-likeness (QED) is 0.683. The summed E-state index contributed by atoms with van der Waals surface area (Å²) in [6, 6.07) is 3.21. The third kappa shape index (κ3) is 1.85. The molecule has 1 heterocycles. The van der Waals surface area contributed by atoms with E-state index in [2.05, 4.69) is 0 Å². The van der Waals surface area contributed by atoms with Crippen LogP contribution >= 0.6 is 0 Å². The van der Waals surface area contributed by atoms with Gasteiger partial charge in [-0.1, -0.05) is 0 Å². The van der Waals surface area contributed by atoms with Gasteiger partial charge in [-0.3, -0.25) is 0 Å². The molecule has 0 aromatic carbocycles. The molecule has 2 N–H and O–H groups in total. The molecule has 1 aromatic heterocycles. The molecule has 4 nitrogen and oxygen atoms in total. The first kappa shape index (κ1) is 8.80. The first-order valence-electron chi connectivity index (χ1n) is 3.73. The molecule has 0 aliphatic heterocycles. The number of furan rings is 1. The van der Waals surface area contributed by atoms with Gasteiger partial charge in [0, 0.05) is 0 Å². The SMILES string of the molecule is CCOC(=O)c1ccc(CN)o1. The Labute approximate surface area is 70.3 Å². The van der Waals surface area contributed by atoms with E-state index in [1.165, 1.54) is 0 Å². The van der Waals surface area contributed by atoms with Crippen molar-refractivity contribution in [3.05, 3.63) is 23.7 Å². The minimum atomic E-state index is -0.447. The minimum Gasteiger partial charge on any atom is -0.460 e. The largest absolute Gasteiger partial charge is 0.460 e. The van der Waals surface area contributed by atoms with Crippen LogP contribution < -0.4 is 5.73 Å². The highest BCUT2D eigenvalue weighted by Crippen LogP contribution is 2.07. The number of nitrogens with two attached hydrogens (primary N) is 1. The van der Waals surface area contributed by atoms with Gasteiger partial charge in [0.1, 0.15) is 5.76 Å². The average Bonchev–Trinajstić information content (AvgIpc) is 2.52. The van der Waals surface area contributed by atoms with E-state index in [9.17, 15) is 4.79 Å². The molecule has 1 rings (SSSR count). The van der Waals surface area contributed by atoms with Crippen molar-refractivity contribution in [3.8, 4) is 0 Å². The third-order valence-corrected chi connectivity index (χ3v) is 1.34. The van der Waals surface area contributed by atoms with Gasteiger partial charge in [0.05, 0.1) is 13.2 Å². The molecule has 0 unspecified atom stereocenters. The van der Waals surface area contributed by atoms with Crippen LogP contribution in [-0.2, 0) is 11.3 Å². The highest BCUT2D eigenvalue weighted by molar-refractivity contribution is 5.86. The van der Waals surface area contributed by atoms with Crippen molar-refractivity contribution < 1.29 is 13.9 Å². The van der Waals surface area contributed by atoms with Crippen LogP contribution in [-0.4, -0.2) is 12.6 Å². The van der Waals surface area contributed by atoms with E-state index in [-0.39, 0.29) is 5.76 Å². The van der Waals surface area contributed by atoms with Gasteiger partial charge in [-0.2, -0.15) is 0 Å². The van der Waals surface area contributed by atoms with Gasteiger partial charge < -0.3 is 14.9 Å². The van der Waals surface area contributed by atoms with Crippen molar-refractivity contribution in [1.29, 1.82) is 0 Å². The maximum Gasteiger partial charge on any atom is 0.374 e. The van der Waals surface area contributed by atoms with E-state index in [0.29, 0.717) is 18.9 Å². The second-order valence-electron chi connectivity index (χ2n) is 2.19. The Balaban J connectivity index is 2.68. The topological polar surface area (TPSA) is 65.5 Å². The monoisotopic (exact) mass is 169 g/mol. The lowest BCUT2D eigenvalue weighted by Gasteiger charge is -1.96. The Morgan fingerprint density at radius 3 is 2.92 bits per heavy atom.